The van der Waals surface area contributed by atoms with E-state index in [2.05, 4.69) is 26.6 Å². The molecule has 0 fully saturated rings. The number of halogens is 1. The molecule has 0 heterocycles. The predicted octanol–water partition coefficient (Wildman–Crippen LogP) is 3.54. The zero-order chi connectivity index (χ0) is 26.2. The third kappa shape index (κ3) is 8.98. The lowest BCUT2D eigenvalue weighted by Gasteiger charge is -2.26. The molecule has 1 unspecified atom stereocenters. The van der Waals surface area contributed by atoms with E-state index in [1.165, 1.54) is 0 Å². The molecule has 0 bridgehead atoms. The van der Waals surface area contributed by atoms with Crippen LogP contribution in [0.5, 0.6) is 5.75 Å². The normalized spacial score (nSPS) is 13.1. The van der Waals surface area contributed by atoms with Gasteiger partial charge in [0, 0.05) is 5.39 Å². The zero-order valence-corrected chi connectivity index (χ0v) is 22.3. The number of alkyl halides is 1. The van der Waals surface area contributed by atoms with E-state index in [0.29, 0.717) is 5.75 Å². The van der Waals surface area contributed by atoms with E-state index >= 15 is 0 Å². The van der Waals surface area contributed by atoms with E-state index in [4.69, 9.17) is 9.47 Å². The van der Waals surface area contributed by atoms with Gasteiger partial charge in [-0.1, -0.05) is 66.2 Å². The summed E-state index contributed by atoms with van der Waals surface area (Å²) in [7, 11) is 0. The molecule has 0 aromatic heterocycles. The van der Waals surface area contributed by atoms with Crippen LogP contribution in [0.25, 0.3) is 10.8 Å². The minimum Gasteiger partial charge on any atom is -0.483 e. The second-order valence-electron chi connectivity index (χ2n) is 9.51. The van der Waals surface area contributed by atoms with Gasteiger partial charge in [0.25, 0.3) is 5.91 Å². The predicted molar refractivity (Wildman–Crippen MR) is 137 cm³/mol. The summed E-state index contributed by atoms with van der Waals surface area (Å²) in [4.78, 5) is 50.2. The maximum absolute atomic E-state index is 13.0. The van der Waals surface area contributed by atoms with Gasteiger partial charge in [-0.05, 0) is 38.1 Å². The number of hydrogen-bond acceptors (Lipinski definition) is 6. The number of ketones is 1. The minimum absolute atomic E-state index is 0.0433. The van der Waals surface area contributed by atoms with Gasteiger partial charge in [-0.15, -0.1) is 0 Å². The monoisotopic (exact) mass is 548 g/mol. The van der Waals surface area contributed by atoms with E-state index < -0.39 is 35.5 Å². The number of ether oxygens (including phenoxy) is 2. The molecule has 2 aromatic rings. The third-order valence-electron chi connectivity index (χ3n) is 5.00. The largest absolute Gasteiger partial charge is 0.483 e. The van der Waals surface area contributed by atoms with Crippen molar-refractivity contribution in [2.45, 2.75) is 58.7 Å². The van der Waals surface area contributed by atoms with Crippen molar-refractivity contribution in [2.75, 3.05) is 11.9 Å². The highest BCUT2D eigenvalue weighted by atomic mass is 79.9. The van der Waals surface area contributed by atoms with Crippen molar-refractivity contribution < 1.29 is 28.7 Å². The lowest BCUT2D eigenvalue weighted by molar-refractivity contribution is -0.156. The Morgan fingerprint density at radius 1 is 0.971 bits per heavy atom. The van der Waals surface area contributed by atoms with Crippen molar-refractivity contribution in [1.29, 1.82) is 0 Å². The Labute approximate surface area is 214 Å². The summed E-state index contributed by atoms with van der Waals surface area (Å²) >= 11 is 3.08. The number of rotatable bonds is 11. The standard InChI is InChI=1S/C26H33BrN2O6/c1-16(2)24(25(33)28-19(20(30)14-27)13-23(32)35-26(3,4)5)29-22(31)15-34-21-12-8-10-17-9-6-7-11-18(17)21/h6-12,16,19,24H,13-15H2,1-5H3,(H,28,33)(H,29,31)/t19?,24-/m0/s1. The van der Waals surface area contributed by atoms with Gasteiger partial charge < -0.3 is 20.1 Å². The Morgan fingerprint density at radius 2 is 1.63 bits per heavy atom. The molecule has 0 spiro atoms. The molecule has 0 aliphatic rings. The van der Waals surface area contributed by atoms with Crippen LogP contribution in [0.3, 0.4) is 0 Å². The van der Waals surface area contributed by atoms with Crippen LogP contribution in [0.1, 0.15) is 41.0 Å². The van der Waals surface area contributed by atoms with Crippen molar-refractivity contribution in [3.63, 3.8) is 0 Å². The maximum atomic E-state index is 13.0. The number of amides is 2. The molecule has 0 saturated heterocycles. The van der Waals surface area contributed by atoms with Crippen LogP contribution in [0.2, 0.25) is 0 Å². The van der Waals surface area contributed by atoms with E-state index in [1.54, 1.807) is 40.7 Å². The lowest BCUT2D eigenvalue weighted by Crippen LogP contribution is -2.55. The quantitative estimate of drug-likeness (QED) is 0.328. The summed E-state index contributed by atoms with van der Waals surface area (Å²) < 4.78 is 11.0. The highest BCUT2D eigenvalue weighted by Crippen LogP contribution is 2.25. The van der Waals surface area contributed by atoms with Gasteiger partial charge in [0.15, 0.2) is 12.4 Å². The Bertz CT molecular complexity index is 1060. The number of benzene rings is 2. The fourth-order valence-corrected chi connectivity index (χ4v) is 3.76. The Balaban J connectivity index is 2.03. The highest BCUT2D eigenvalue weighted by Gasteiger charge is 2.31. The number of fused-ring (bicyclic) bond motifs is 1. The van der Waals surface area contributed by atoms with Gasteiger partial charge >= 0.3 is 5.97 Å². The molecule has 35 heavy (non-hydrogen) atoms. The average Bonchev–Trinajstić information content (AvgIpc) is 2.78. The fourth-order valence-electron chi connectivity index (χ4n) is 3.36. The number of esters is 1. The molecule has 2 amide bonds. The summed E-state index contributed by atoms with van der Waals surface area (Å²) in [5.41, 5.74) is -0.721. The van der Waals surface area contributed by atoms with Crippen LogP contribution in [-0.2, 0) is 23.9 Å². The topological polar surface area (TPSA) is 111 Å². The van der Waals surface area contributed by atoms with Gasteiger partial charge in [0.05, 0.1) is 17.8 Å². The van der Waals surface area contributed by atoms with Crippen molar-refractivity contribution >= 4 is 50.3 Å². The molecule has 0 aliphatic carbocycles. The molecule has 0 saturated carbocycles. The molecular weight excluding hydrogens is 516 g/mol. The molecule has 2 atom stereocenters. The van der Waals surface area contributed by atoms with E-state index in [9.17, 15) is 19.2 Å². The first-order valence-corrected chi connectivity index (χ1v) is 12.5. The molecule has 2 rings (SSSR count). The van der Waals surface area contributed by atoms with Crippen LogP contribution in [-0.4, -0.2) is 53.2 Å². The summed E-state index contributed by atoms with van der Waals surface area (Å²) in [5.74, 6) is -1.76. The van der Waals surface area contributed by atoms with Gasteiger partial charge in [-0.25, -0.2) is 0 Å². The Morgan fingerprint density at radius 3 is 2.26 bits per heavy atom. The van der Waals surface area contributed by atoms with Gasteiger partial charge in [-0.3, -0.25) is 19.2 Å². The summed E-state index contributed by atoms with van der Waals surface area (Å²) in [6.07, 6.45) is -0.309. The van der Waals surface area contributed by atoms with E-state index in [1.807, 2.05) is 36.4 Å². The first-order valence-electron chi connectivity index (χ1n) is 11.4. The second kappa shape index (κ2) is 12.7. The SMILES string of the molecule is CC(C)[C@H](NC(=O)COc1cccc2ccccc12)C(=O)NC(CC(=O)OC(C)(C)C)C(=O)CBr. The molecule has 190 valence electrons. The summed E-state index contributed by atoms with van der Waals surface area (Å²) in [5, 5.41) is 7.08. The van der Waals surface area contributed by atoms with Crippen LogP contribution in [0, 0.1) is 5.92 Å². The fraction of sp³-hybridized carbons (Fsp3) is 0.462. The van der Waals surface area contributed by atoms with Crippen LogP contribution >= 0.6 is 15.9 Å². The first kappa shape index (κ1) is 28.3. The van der Waals surface area contributed by atoms with Crippen LogP contribution in [0.4, 0.5) is 0 Å². The third-order valence-corrected chi connectivity index (χ3v) is 5.55. The van der Waals surface area contributed by atoms with Crippen LogP contribution < -0.4 is 15.4 Å². The minimum atomic E-state index is -1.08. The summed E-state index contributed by atoms with van der Waals surface area (Å²) in [6.45, 7) is 8.41. The van der Waals surface area contributed by atoms with Crippen LogP contribution in [0.15, 0.2) is 42.5 Å². The number of hydrogen-bond donors (Lipinski definition) is 2. The highest BCUT2D eigenvalue weighted by molar-refractivity contribution is 9.09. The Hall–Kier alpha value is -2.94. The molecule has 2 N–H and O–H groups in total. The van der Waals surface area contributed by atoms with Crippen molar-refractivity contribution in [3.8, 4) is 5.75 Å². The average molecular weight is 549 g/mol. The van der Waals surface area contributed by atoms with Crippen molar-refractivity contribution in [3.05, 3.63) is 42.5 Å². The second-order valence-corrected chi connectivity index (χ2v) is 10.1. The molecule has 8 nitrogen and oxygen atoms in total. The van der Waals surface area contributed by atoms with E-state index in [0.717, 1.165) is 10.8 Å². The number of carbonyl (C=O) groups is 4. The van der Waals surface area contributed by atoms with Crippen molar-refractivity contribution in [2.24, 2.45) is 5.92 Å². The maximum Gasteiger partial charge on any atom is 0.308 e. The lowest BCUT2D eigenvalue weighted by atomic mass is 10.0. The first-order chi connectivity index (χ1) is 16.4. The molecular formula is C26H33BrN2O6. The number of carbonyl (C=O) groups excluding carboxylic acids is 4. The van der Waals surface area contributed by atoms with Gasteiger partial charge in [-0.2, -0.15) is 0 Å². The number of Topliss-reactive ketones (excluding diaryl/α,β-unsaturated/α-hetero) is 1. The molecule has 2 aromatic carbocycles. The smallest absolute Gasteiger partial charge is 0.308 e. The van der Waals surface area contributed by atoms with Crippen molar-refractivity contribution in [1.82, 2.24) is 10.6 Å². The van der Waals surface area contributed by atoms with Gasteiger partial charge in [0.2, 0.25) is 5.91 Å². The number of nitrogens with one attached hydrogen (secondary N) is 2. The molecule has 9 heteroatoms. The summed E-state index contributed by atoms with van der Waals surface area (Å²) in [6, 6.07) is 11.2. The zero-order valence-electron chi connectivity index (χ0n) is 20.7. The van der Waals surface area contributed by atoms with Gasteiger partial charge in [0.1, 0.15) is 17.4 Å². The molecule has 0 radical (unpaired) electrons. The van der Waals surface area contributed by atoms with E-state index in [-0.39, 0.29) is 30.1 Å². The molecule has 0 aliphatic heterocycles. The Kier molecular flexibility index (Phi) is 10.2.